The largest absolute Gasteiger partial charge is 0.485 e. The average molecular weight is 289 g/mol. The summed E-state index contributed by atoms with van der Waals surface area (Å²) in [5.74, 6) is 2.99. The van der Waals surface area contributed by atoms with E-state index in [0.717, 1.165) is 18.6 Å². The van der Waals surface area contributed by atoms with Crippen LogP contribution in [0.1, 0.15) is 32.0 Å². The number of para-hydroxylation sites is 1. The third-order valence-electron chi connectivity index (χ3n) is 3.22. The summed E-state index contributed by atoms with van der Waals surface area (Å²) in [6.07, 6.45) is 1.79. The van der Waals surface area contributed by atoms with Gasteiger partial charge in [0.2, 0.25) is 11.7 Å². The molecule has 2 rings (SSSR count). The maximum absolute atomic E-state index is 5.80. The minimum atomic E-state index is 0.311. The van der Waals surface area contributed by atoms with E-state index in [2.05, 4.69) is 24.0 Å². The van der Waals surface area contributed by atoms with Gasteiger partial charge in [0.15, 0.2) is 6.61 Å². The highest BCUT2D eigenvalue weighted by atomic mass is 16.5. The van der Waals surface area contributed by atoms with Crippen molar-refractivity contribution in [1.29, 1.82) is 0 Å². The summed E-state index contributed by atoms with van der Waals surface area (Å²) in [7, 11) is 0. The molecule has 0 aliphatic rings. The summed E-state index contributed by atoms with van der Waals surface area (Å²) >= 11 is 0. The second-order valence-electron chi connectivity index (χ2n) is 5.64. The molecule has 1 aromatic heterocycles. The highest BCUT2D eigenvalue weighted by molar-refractivity contribution is 5.20. The third-order valence-corrected chi connectivity index (χ3v) is 3.22. The molecule has 0 radical (unpaired) electrons. The van der Waals surface area contributed by atoms with E-state index >= 15 is 0 Å². The minimum absolute atomic E-state index is 0.311. The molecule has 114 valence electrons. The Kier molecular flexibility index (Phi) is 5.75. The van der Waals surface area contributed by atoms with Gasteiger partial charge in [-0.1, -0.05) is 37.2 Å². The Hall–Kier alpha value is -1.88. The Labute approximate surface area is 125 Å². The van der Waals surface area contributed by atoms with Crippen LogP contribution in [0, 0.1) is 11.8 Å². The van der Waals surface area contributed by atoms with Gasteiger partial charge in [0.05, 0.1) is 0 Å². The lowest BCUT2D eigenvalue weighted by atomic mass is 9.94. The minimum Gasteiger partial charge on any atom is -0.485 e. The third kappa shape index (κ3) is 5.19. The predicted molar refractivity (Wildman–Crippen MR) is 80.8 cm³/mol. The molecule has 0 amide bonds. The standard InChI is InChI=1S/C16H23N3O2/c1-12(2)8-13(10-17)9-16-18-15(19-21-16)11-20-14-6-4-3-5-7-14/h3-7,12-13H,8-11,17H2,1-2H3. The van der Waals surface area contributed by atoms with Crippen LogP contribution in [0.3, 0.4) is 0 Å². The first-order valence-corrected chi connectivity index (χ1v) is 7.36. The molecule has 0 saturated heterocycles. The van der Waals surface area contributed by atoms with Crippen molar-refractivity contribution in [1.82, 2.24) is 10.1 Å². The average Bonchev–Trinajstić information content (AvgIpc) is 2.92. The van der Waals surface area contributed by atoms with Crippen LogP contribution in [-0.2, 0) is 13.0 Å². The number of aromatic nitrogens is 2. The van der Waals surface area contributed by atoms with Gasteiger partial charge in [0.25, 0.3) is 0 Å². The molecule has 0 spiro atoms. The molecule has 5 heteroatoms. The van der Waals surface area contributed by atoms with E-state index in [9.17, 15) is 0 Å². The van der Waals surface area contributed by atoms with Crippen molar-refractivity contribution in [3.05, 3.63) is 42.0 Å². The van der Waals surface area contributed by atoms with Crippen LogP contribution in [0.25, 0.3) is 0 Å². The van der Waals surface area contributed by atoms with Crippen molar-refractivity contribution in [3.8, 4) is 5.75 Å². The summed E-state index contributed by atoms with van der Waals surface area (Å²) < 4.78 is 10.9. The van der Waals surface area contributed by atoms with Crippen molar-refractivity contribution in [2.75, 3.05) is 6.54 Å². The van der Waals surface area contributed by atoms with Gasteiger partial charge in [-0.25, -0.2) is 0 Å². The fourth-order valence-corrected chi connectivity index (χ4v) is 2.27. The Bertz CT molecular complexity index is 525. The number of hydrogen-bond donors (Lipinski definition) is 1. The first-order valence-electron chi connectivity index (χ1n) is 7.36. The maximum Gasteiger partial charge on any atom is 0.227 e. The summed E-state index contributed by atoms with van der Waals surface area (Å²) in [6, 6.07) is 9.59. The van der Waals surface area contributed by atoms with E-state index in [1.165, 1.54) is 0 Å². The zero-order valence-electron chi connectivity index (χ0n) is 12.7. The molecule has 5 nitrogen and oxygen atoms in total. The molecule has 2 aromatic rings. The SMILES string of the molecule is CC(C)CC(CN)Cc1nc(COc2ccccc2)no1. The van der Waals surface area contributed by atoms with Crippen LogP contribution in [-0.4, -0.2) is 16.7 Å². The molecule has 0 aliphatic carbocycles. The topological polar surface area (TPSA) is 74.2 Å². The van der Waals surface area contributed by atoms with Crippen molar-refractivity contribution < 1.29 is 9.26 Å². The Morgan fingerprint density at radius 3 is 2.67 bits per heavy atom. The molecule has 0 aliphatic heterocycles. The van der Waals surface area contributed by atoms with Gasteiger partial charge in [-0.2, -0.15) is 4.98 Å². The maximum atomic E-state index is 5.80. The first-order chi connectivity index (χ1) is 10.2. The van der Waals surface area contributed by atoms with E-state index in [1.807, 2.05) is 30.3 Å². The van der Waals surface area contributed by atoms with Gasteiger partial charge in [0, 0.05) is 6.42 Å². The molecule has 1 heterocycles. The molecule has 0 fully saturated rings. The number of hydrogen-bond acceptors (Lipinski definition) is 5. The molecular formula is C16H23N3O2. The van der Waals surface area contributed by atoms with Crippen LogP contribution in [0.15, 0.2) is 34.9 Å². The van der Waals surface area contributed by atoms with Crippen LogP contribution in [0.2, 0.25) is 0 Å². The van der Waals surface area contributed by atoms with Gasteiger partial charge in [-0.3, -0.25) is 0 Å². The molecule has 1 atom stereocenters. The fourth-order valence-electron chi connectivity index (χ4n) is 2.27. The van der Waals surface area contributed by atoms with Crippen LogP contribution in [0.5, 0.6) is 5.75 Å². The molecule has 1 unspecified atom stereocenters. The van der Waals surface area contributed by atoms with E-state index < -0.39 is 0 Å². The lowest BCUT2D eigenvalue weighted by Crippen LogP contribution is -2.19. The van der Waals surface area contributed by atoms with Gasteiger partial charge in [0.1, 0.15) is 5.75 Å². The summed E-state index contributed by atoms with van der Waals surface area (Å²) in [5, 5.41) is 3.95. The van der Waals surface area contributed by atoms with E-state index in [-0.39, 0.29) is 0 Å². The summed E-state index contributed by atoms with van der Waals surface area (Å²) in [6.45, 7) is 5.33. The van der Waals surface area contributed by atoms with Crippen molar-refractivity contribution >= 4 is 0 Å². The Morgan fingerprint density at radius 1 is 1.24 bits per heavy atom. The first kappa shape index (κ1) is 15.5. The molecular weight excluding hydrogens is 266 g/mol. The number of rotatable bonds is 8. The number of ether oxygens (including phenoxy) is 1. The normalized spacial score (nSPS) is 12.6. The quantitative estimate of drug-likeness (QED) is 0.809. The van der Waals surface area contributed by atoms with E-state index in [4.69, 9.17) is 15.0 Å². The highest BCUT2D eigenvalue weighted by Gasteiger charge is 2.15. The molecule has 0 bridgehead atoms. The molecule has 2 N–H and O–H groups in total. The van der Waals surface area contributed by atoms with Crippen LogP contribution in [0.4, 0.5) is 0 Å². The summed E-state index contributed by atoms with van der Waals surface area (Å²) in [5.41, 5.74) is 5.80. The zero-order valence-corrected chi connectivity index (χ0v) is 12.7. The van der Waals surface area contributed by atoms with E-state index in [0.29, 0.717) is 36.7 Å². The predicted octanol–water partition coefficient (Wildman–Crippen LogP) is 2.81. The highest BCUT2D eigenvalue weighted by Crippen LogP contribution is 2.16. The smallest absolute Gasteiger partial charge is 0.227 e. The van der Waals surface area contributed by atoms with Crippen molar-refractivity contribution in [2.24, 2.45) is 17.6 Å². The summed E-state index contributed by atoms with van der Waals surface area (Å²) in [4.78, 5) is 4.36. The van der Waals surface area contributed by atoms with Crippen molar-refractivity contribution in [3.63, 3.8) is 0 Å². The number of nitrogens with two attached hydrogens (primary N) is 1. The zero-order chi connectivity index (χ0) is 15.1. The molecule has 0 saturated carbocycles. The van der Waals surface area contributed by atoms with E-state index in [1.54, 1.807) is 0 Å². The Balaban J connectivity index is 1.86. The van der Waals surface area contributed by atoms with Gasteiger partial charge < -0.3 is 15.0 Å². The lowest BCUT2D eigenvalue weighted by Gasteiger charge is -2.14. The molecule has 1 aromatic carbocycles. The molecule has 21 heavy (non-hydrogen) atoms. The number of benzene rings is 1. The Morgan fingerprint density at radius 2 is 2.00 bits per heavy atom. The number of nitrogens with zero attached hydrogens (tertiary/aromatic N) is 2. The van der Waals surface area contributed by atoms with Crippen LogP contribution >= 0.6 is 0 Å². The second-order valence-corrected chi connectivity index (χ2v) is 5.64. The van der Waals surface area contributed by atoms with Gasteiger partial charge >= 0.3 is 0 Å². The van der Waals surface area contributed by atoms with Gasteiger partial charge in [-0.15, -0.1) is 0 Å². The fraction of sp³-hybridized carbons (Fsp3) is 0.500. The van der Waals surface area contributed by atoms with Gasteiger partial charge in [-0.05, 0) is 36.9 Å². The van der Waals surface area contributed by atoms with Crippen molar-refractivity contribution in [2.45, 2.75) is 33.3 Å². The van der Waals surface area contributed by atoms with Crippen LogP contribution < -0.4 is 10.5 Å². The monoisotopic (exact) mass is 289 g/mol. The second kappa shape index (κ2) is 7.78. The lowest BCUT2D eigenvalue weighted by molar-refractivity contribution is 0.283.